The number of benzene rings is 1. The number of thioether (sulfide) groups is 1. The largest absolute Gasteiger partial charge is 0.352 e. The Morgan fingerprint density at radius 3 is 2.83 bits per heavy atom. The van der Waals surface area contributed by atoms with Crippen LogP contribution in [0.4, 0.5) is 0 Å². The number of carbonyl (C=O) groups is 1. The molecule has 0 aliphatic carbocycles. The van der Waals surface area contributed by atoms with Crippen LogP contribution in [-0.4, -0.2) is 24.7 Å². The number of amides is 1. The lowest BCUT2D eigenvalue weighted by atomic mass is 10.1. The van der Waals surface area contributed by atoms with Gasteiger partial charge in [0.1, 0.15) is 0 Å². The normalized spacial score (nSPS) is 18.8. The zero-order chi connectivity index (χ0) is 12.8. The maximum absolute atomic E-state index is 11.8. The lowest BCUT2D eigenvalue weighted by molar-refractivity contribution is -0.124. The van der Waals surface area contributed by atoms with Crippen molar-refractivity contribution in [2.24, 2.45) is 5.92 Å². The summed E-state index contributed by atoms with van der Waals surface area (Å²) in [4.78, 5) is 13.1. The summed E-state index contributed by atoms with van der Waals surface area (Å²) in [6.07, 6.45) is 0.956. The van der Waals surface area contributed by atoms with E-state index in [0.717, 1.165) is 30.8 Å². The average Bonchev–Trinajstić information content (AvgIpc) is 2.92. The molecule has 3 nitrogen and oxygen atoms in total. The van der Waals surface area contributed by atoms with Gasteiger partial charge in [0.15, 0.2) is 0 Å². The fraction of sp³-hybridized carbons (Fsp3) is 0.500. The molecule has 0 radical (unpaired) electrons. The van der Waals surface area contributed by atoms with Crippen LogP contribution in [0.3, 0.4) is 0 Å². The fourth-order valence-corrected chi connectivity index (χ4v) is 2.74. The third kappa shape index (κ3) is 3.75. The van der Waals surface area contributed by atoms with Crippen molar-refractivity contribution >= 4 is 17.7 Å². The highest BCUT2D eigenvalue weighted by molar-refractivity contribution is 7.99. The van der Waals surface area contributed by atoms with Crippen LogP contribution in [0, 0.1) is 5.92 Å². The number of rotatable bonds is 5. The van der Waals surface area contributed by atoms with E-state index in [9.17, 15) is 4.79 Å². The number of hydrogen-bond donors (Lipinski definition) is 2. The molecule has 1 heterocycles. The van der Waals surface area contributed by atoms with Gasteiger partial charge in [0.2, 0.25) is 5.91 Å². The summed E-state index contributed by atoms with van der Waals surface area (Å²) in [6, 6.07) is 8.41. The van der Waals surface area contributed by atoms with Crippen LogP contribution in [-0.2, 0) is 11.3 Å². The van der Waals surface area contributed by atoms with Crippen molar-refractivity contribution in [3.8, 4) is 0 Å². The second kappa shape index (κ2) is 6.81. The van der Waals surface area contributed by atoms with Crippen LogP contribution >= 0.6 is 11.8 Å². The van der Waals surface area contributed by atoms with Gasteiger partial charge in [-0.25, -0.2) is 0 Å². The van der Waals surface area contributed by atoms with Crippen molar-refractivity contribution in [2.75, 3.05) is 18.8 Å². The minimum Gasteiger partial charge on any atom is -0.352 e. The summed E-state index contributed by atoms with van der Waals surface area (Å²) in [5.41, 5.74) is 1.16. The van der Waals surface area contributed by atoms with Crippen LogP contribution < -0.4 is 10.6 Å². The van der Waals surface area contributed by atoms with E-state index in [1.54, 1.807) is 0 Å². The molecule has 1 fully saturated rings. The molecule has 1 amide bonds. The molecule has 1 saturated heterocycles. The van der Waals surface area contributed by atoms with Crippen molar-refractivity contribution in [3.05, 3.63) is 29.8 Å². The Kier molecular flexibility index (Phi) is 5.08. The van der Waals surface area contributed by atoms with E-state index in [2.05, 4.69) is 41.8 Å². The third-order valence-corrected chi connectivity index (χ3v) is 4.03. The zero-order valence-electron chi connectivity index (χ0n) is 10.7. The first-order valence-electron chi connectivity index (χ1n) is 6.49. The second-order valence-corrected chi connectivity index (χ2v) is 5.82. The molecular weight excluding hydrogens is 244 g/mol. The van der Waals surface area contributed by atoms with Crippen molar-refractivity contribution in [3.63, 3.8) is 0 Å². The molecule has 4 heteroatoms. The van der Waals surface area contributed by atoms with E-state index < -0.39 is 0 Å². The minimum atomic E-state index is 0.153. The summed E-state index contributed by atoms with van der Waals surface area (Å²) in [5.74, 6) is 1.41. The predicted molar refractivity (Wildman–Crippen MR) is 75.7 cm³/mol. The molecule has 0 bridgehead atoms. The Balaban J connectivity index is 1.80. The fourth-order valence-electron chi connectivity index (χ4n) is 2.08. The van der Waals surface area contributed by atoms with E-state index >= 15 is 0 Å². The van der Waals surface area contributed by atoms with E-state index in [1.807, 2.05) is 11.8 Å². The molecule has 1 aliphatic heterocycles. The second-order valence-electron chi connectivity index (χ2n) is 4.48. The van der Waals surface area contributed by atoms with Gasteiger partial charge in [0.05, 0.1) is 5.92 Å². The first-order chi connectivity index (χ1) is 8.79. The minimum absolute atomic E-state index is 0.153. The van der Waals surface area contributed by atoms with Gasteiger partial charge >= 0.3 is 0 Å². The lowest BCUT2D eigenvalue weighted by Crippen LogP contribution is -2.31. The highest BCUT2D eigenvalue weighted by atomic mass is 32.2. The predicted octanol–water partition coefficient (Wildman–Crippen LogP) is 2.02. The van der Waals surface area contributed by atoms with E-state index in [-0.39, 0.29) is 11.8 Å². The van der Waals surface area contributed by atoms with Crippen molar-refractivity contribution < 1.29 is 4.79 Å². The standard InChI is InChI=1S/C14H20N2OS/c1-2-18-13-5-3-11(4-6-13)9-16-14(17)12-7-8-15-10-12/h3-6,12,15H,2,7-10H2,1H3,(H,16,17). The summed E-state index contributed by atoms with van der Waals surface area (Å²) in [6.45, 7) is 4.56. The molecule has 18 heavy (non-hydrogen) atoms. The van der Waals surface area contributed by atoms with Crippen LogP contribution in [0.1, 0.15) is 18.9 Å². The molecule has 1 unspecified atom stereocenters. The summed E-state index contributed by atoms with van der Waals surface area (Å²) >= 11 is 1.83. The van der Waals surface area contributed by atoms with Crippen molar-refractivity contribution in [1.29, 1.82) is 0 Å². The molecule has 1 aliphatic rings. The van der Waals surface area contributed by atoms with Crippen LogP contribution in [0.25, 0.3) is 0 Å². The van der Waals surface area contributed by atoms with Gasteiger partial charge in [-0.1, -0.05) is 19.1 Å². The number of carbonyl (C=O) groups excluding carboxylic acids is 1. The first-order valence-corrected chi connectivity index (χ1v) is 7.48. The highest BCUT2D eigenvalue weighted by Gasteiger charge is 2.21. The summed E-state index contributed by atoms with van der Waals surface area (Å²) in [7, 11) is 0. The molecule has 0 aromatic heterocycles. The van der Waals surface area contributed by atoms with Crippen LogP contribution in [0.5, 0.6) is 0 Å². The summed E-state index contributed by atoms with van der Waals surface area (Å²) in [5, 5.41) is 6.22. The lowest BCUT2D eigenvalue weighted by Gasteiger charge is -2.10. The Morgan fingerprint density at radius 2 is 2.22 bits per heavy atom. The Morgan fingerprint density at radius 1 is 1.44 bits per heavy atom. The van der Waals surface area contributed by atoms with Crippen LogP contribution in [0.2, 0.25) is 0 Å². The Bertz CT molecular complexity index is 385. The van der Waals surface area contributed by atoms with Gasteiger partial charge in [-0.05, 0) is 36.4 Å². The molecule has 1 aromatic carbocycles. The van der Waals surface area contributed by atoms with E-state index in [4.69, 9.17) is 0 Å². The average molecular weight is 264 g/mol. The summed E-state index contributed by atoms with van der Waals surface area (Å²) < 4.78 is 0. The number of nitrogens with one attached hydrogen (secondary N) is 2. The van der Waals surface area contributed by atoms with Gasteiger partial charge < -0.3 is 10.6 Å². The third-order valence-electron chi connectivity index (χ3n) is 3.13. The van der Waals surface area contributed by atoms with Gasteiger partial charge in [0.25, 0.3) is 0 Å². The van der Waals surface area contributed by atoms with Crippen molar-refractivity contribution in [2.45, 2.75) is 24.8 Å². The smallest absolute Gasteiger partial charge is 0.224 e. The SMILES string of the molecule is CCSc1ccc(CNC(=O)C2CCNC2)cc1. The molecule has 98 valence electrons. The quantitative estimate of drug-likeness (QED) is 0.800. The molecule has 1 aromatic rings. The molecule has 2 rings (SSSR count). The molecule has 0 saturated carbocycles. The number of hydrogen-bond acceptors (Lipinski definition) is 3. The van der Waals surface area contributed by atoms with Gasteiger partial charge in [-0.15, -0.1) is 11.8 Å². The molecular formula is C14H20N2OS. The molecule has 2 N–H and O–H groups in total. The van der Waals surface area contributed by atoms with E-state index in [0.29, 0.717) is 6.54 Å². The molecule has 1 atom stereocenters. The van der Waals surface area contributed by atoms with Crippen molar-refractivity contribution in [1.82, 2.24) is 10.6 Å². The Hall–Kier alpha value is -1.00. The zero-order valence-corrected chi connectivity index (χ0v) is 11.6. The highest BCUT2D eigenvalue weighted by Crippen LogP contribution is 2.17. The first kappa shape index (κ1) is 13.4. The van der Waals surface area contributed by atoms with Gasteiger partial charge in [0, 0.05) is 18.0 Å². The van der Waals surface area contributed by atoms with E-state index in [1.165, 1.54) is 4.90 Å². The molecule has 0 spiro atoms. The van der Waals surface area contributed by atoms with Gasteiger partial charge in [-0.3, -0.25) is 4.79 Å². The Labute approximate surface area is 113 Å². The maximum atomic E-state index is 11.8. The van der Waals surface area contributed by atoms with Crippen LogP contribution in [0.15, 0.2) is 29.2 Å². The van der Waals surface area contributed by atoms with Gasteiger partial charge in [-0.2, -0.15) is 0 Å². The monoisotopic (exact) mass is 264 g/mol. The maximum Gasteiger partial charge on any atom is 0.224 e. The topological polar surface area (TPSA) is 41.1 Å².